The zero-order valence-electron chi connectivity index (χ0n) is 17.9. The second-order valence-corrected chi connectivity index (χ2v) is 8.83. The highest BCUT2D eigenvalue weighted by Crippen LogP contribution is 2.25. The number of carbonyl (C=O) groups excluding carboxylic acids is 1. The second-order valence-electron chi connectivity index (χ2n) is 7.87. The second kappa shape index (κ2) is 9.27. The molecule has 0 saturated carbocycles. The largest absolute Gasteiger partial charge is 0.322 e. The number of para-hydroxylation sites is 1. The molecule has 1 aliphatic heterocycles. The SMILES string of the molecule is O=C(Nc1ccccc1F)N1CCN(Cc2cc(=O)n3nc(-c4cccc(F)c4)sc3n2)CC1. The number of piperazine rings is 1. The van der Waals surface area contributed by atoms with Crippen LogP contribution in [0.3, 0.4) is 0 Å². The third-order valence-electron chi connectivity index (χ3n) is 5.53. The van der Waals surface area contributed by atoms with E-state index in [0.29, 0.717) is 53.9 Å². The number of halogens is 2. The van der Waals surface area contributed by atoms with Crippen molar-refractivity contribution in [3.8, 4) is 10.6 Å². The lowest BCUT2D eigenvalue weighted by Gasteiger charge is -2.34. The summed E-state index contributed by atoms with van der Waals surface area (Å²) in [6, 6.07) is 13.2. The molecule has 0 unspecified atom stereocenters. The molecular formula is C23H20F2N6O2S. The molecule has 0 bridgehead atoms. The van der Waals surface area contributed by atoms with E-state index in [4.69, 9.17) is 0 Å². The number of amides is 2. The van der Waals surface area contributed by atoms with Gasteiger partial charge in [-0.15, -0.1) is 0 Å². The van der Waals surface area contributed by atoms with E-state index in [9.17, 15) is 18.4 Å². The van der Waals surface area contributed by atoms with Crippen molar-refractivity contribution in [2.45, 2.75) is 6.54 Å². The van der Waals surface area contributed by atoms with Crippen LogP contribution in [-0.4, -0.2) is 56.6 Å². The third kappa shape index (κ3) is 4.66. The molecule has 2 amide bonds. The van der Waals surface area contributed by atoms with Gasteiger partial charge in [0.15, 0.2) is 0 Å². The number of benzene rings is 2. The number of fused-ring (bicyclic) bond motifs is 1. The van der Waals surface area contributed by atoms with E-state index in [1.807, 2.05) is 0 Å². The van der Waals surface area contributed by atoms with Crippen LogP contribution in [0.5, 0.6) is 0 Å². The quantitative estimate of drug-likeness (QED) is 0.482. The molecule has 5 rings (SSSR count). The maximum Gasteiger partial charge on any atom is 0.322 e. The Morgan fingerprint density at radius 1 is 1.03 bits per heavy atom. The minimum Gasteiger partial charge on any atom is -0.322 e. The zero-order chi connectivity index (χ0) is 23.7. The number of carbonyl (C=O) groups is 1. The fourth-order valence-corrected chi connectivity index (χ4v) is 4.69. The molecule has 1 fully saturated rings. The van der Waals surface area contributed by atoms with Gasteiger partial charge in [-0.1, -0.05) is 35.6 Å². The summed E-state index contributed by atoms with van der Waals surface area (Å²) in [6.07, 6.45) is 0. The Labute approximate surface area is 197 Å². The Kier molecular flexibility index (Phi) is 6.03. The normalized spacial score (nSPS) is 14.5. The van der Waals surface area contributed by atoms with E-state index in [2.05, 4.69) is 20.3 Å². The molecule has 0 atom stereocenters. The lowest BCUT2D eigenvalue weighted by atomic mass is 10.2. The van der Waals surface area contributed by atoms with Gasteiger partial charge < -0.3 is 10.2 Å². The van der Waals surface area contributed by atoms with E-state index >= 15 is 0 Å². The van der Waals surface area contributed by atoms with Crippen molar-refractivity contribution in [1.82, 2.24) is 24.4 Å². The third-order valence-corrected chi connectivity index (χ3v) is 6.49. The molecule has 2 aromatic carbocycles. The average molecular weight is 483 g/mol. The first kappa shape index (κ1) is 22.1. The summed E-state index contributed by atoms with van der Waals surface area (Å²) in [5.74, 6) is -0.856. The van der Waals surface area contributed by atoms with Crippen LogP contribution in [-0.2, 0) is 6.54 Å². The number of rotatable bonds is 4. The van der Waals surface area contributed by atoms with Crippen LogP contribution in [0.15, 0.2) is 59.4 Å². The minimum absolute atomic E-state index is 0.148. The van der Waals surface area contributed by atoms with Crippen LogP contribution >= 0.6 is 11.3 Å². The van der Waals surface area contributed by atoms with E-state index in [1.54, 1.807) is 29.2 Å². The summed E-state index contributed by atoms with van der Waals surface area (Å²) in [5, 5.41) is 7.39. The molecule has 4 aromatic rings. The lowest BCUT2D eigenvalue weighted by molar-refractivity contribution is 0.142. The molecule has 11 heteroatoms. The van der Waals surface area contributed by atoms with E-state index in [-0.39, 0.29) is 23.1 Å². The molecule has 174 valence electrons. The summed E-state index contributed by atoms with van der Waals surface area (Å²) < 4.78 is 28.6. The summed E-state index contributed by atoms with van der Waals surface area (Å²) in [4.78, 5) is 33.8. The van der Waals surface area contributed by atoms with Gasteiger partial charge in [-0.05, 0) is 24.3 Å². The summed E-state index contributed by atoms with van der Waals surface area (Å²) in [5.41, 5.74) is 1.03. The highest BCUT2D eigenvalue weighted by Gasteiger charge is 2.22. The number of nitrogens with zero attached hydrogens (tertiary/aromatic N) is 5. The van der Waals surface area contributed by atoms with Gasteiger partial charge in [-0.25, -0.2) is 18.6 Å². The predicted octanol–water partition coefficient (Wildman–Crippen LogP) is 3.45. The monoisotopic (exact) mass is 482 g/mol. The van der Waals surface area contributed by atoms with Crippen LogP contribution in [0.25, 0.3) is 15.5 Å². The van der Waals surface area contributed by atoms with Crippen LogP contribution in [0.4, 0.5) is 19.3 Å². The van der Waals surface area contributed by atoms with E-state index in [1.165, 1.54) is 46.2 Å². The van der Waals surface area contributed by atoms with E-state index < -0.39 is 5.82 Å². The number of nitrogens with one attached hydrogen (secondary N) is 1. The first-order chi connectivity index (χ1) is 16.5. The molecule has 1 aliphatic rings. The van der Waals surface area contributed by atoms with Gasteiger partial charge in [0.05, 0.1) is 11.4 Å². The average Bonchev–Trinajstić information content (AvgIpc) is 3.26. The highest BCUT2D eigenvalue weighted by molar-refractivity contribution is 7.19. The highest BCUT2D eigenvalue weighted by atomic mass is 32.1. The van der Waals surface area contributed by atoms with Crippen molar-refractivity contribution in [3.05, 3.63) is 82.3 Å². The maximum atomic E-state index is 13.8. The van der Waals surface area contributed by atoms with Crippen molar-refractivity contribution in [3.63, 3.8) is 0 Å². The molecule has 8 nitrogen and oxygen atoms in total. The minimum atomic E-state index is -0.481. The Bertz CT molecular complexity index is 1410. The van der Waals surface area contributed by atoms with Crippen LogP contribution in [0.1, 0.15) is 5.69 Å². The molecule has 0 spiro atoms. The van der Waals surface area contributed by atoms with Crippen molar-refractivity contribution in [1.29, 1.82) is 0 Å². The van der Waals surface area contributed by atoms with Gasteiger partial charge in [0, 0.05) is 44.4 Å². The fraction of sp³-hybridized carbons (Fsp3) is 0.217. The summed E-state index contributed by atoms with van der Waals surface area (Å²) in [7, 11) is 0. The number of urea groups is 1. The van der Waals surface area contributed by atoms with Gasteiger partial charge in [0.25, 0.3) is 5.56 Å². The summed E-state index contributed by atoms with van der Waals surface area (Å²) >= 11 is 1.22. The Morgan fingerprint density at radius 2 is 1.82 bits per heavy atom. The van der Waals surface area contributed by atoms with Crippen molar-refractivity contribution in [2.75, 3.05) is 31.5 Å². The molecular weight excluding hydrogens is 462 g/mol. The molecule has 0 aliphatic carbocycles. The number of hydrogen-bond donors (Lipinski definition) is 1. The number of hydrogen-bond acceptors (Lipinski definition) is 6. The van der Waals surface area contributed by atoms with Gasteiger partial charge in [0.1, 0.15) is 16.6 Å². The van der Waals surface area contributed by atoms with Crippen molar-refractivity contribution < 1.29 is 13.6 Å². The lowest BCUT2D eigenvalue weighted by Crippen LogP contribution is -2.49. The molecule has 34 heavy (non-hydrogen) atoms. The molecule has 1 saturated heterocycles. The molecule has 1 N–H and O–H groups in total. The maximum absolute atomic E-state index is 13.8. The van der Waals surface area contributed by atoms with Gasteiger partial charge in [0.2, 0.25) is 4.96 Å². The van der Waals surface area contributed by atoms with Gasteiger partial charge in [-0.2, -0.15) is 9.61 Å². The van der Waals surface area contributed by atoms with Gasteiger partial charge in [-0.3, -0.25) is 9.69 Å². The van der Waals surface area contributed by atoms with Crippen LogP contribution < -0.4 is 10.9 Å². The fourth-order valence-electron chi connectivity index (χ4n) is 3.77. The van der Waals surface area contributed by atoms with Crippen molar-refractivity contribution >= 4 is 28.0 Å². The molecule has 3 heterocycles. The first-order valence-electron chi connectivity index (χ1n) is 10.6. The molecule has 2 aromatic heterocycles. The van der Waals surface area contributed by atoms with Crippen molar-refractivity contribution in [2.24, 2.45) is 0 Å². The first-order valence-corrected chi connectivity index (χ1v) is 11.5. The van der Waals surface area contributed by atoms with Gasteiger partial charge >= 0.3 is 6.03 Å². The van der Waals surface area contributed by atoms with Crippen LogP contribution in [0.2, 0.25) is 0 Å². The predicted molar refractivity (Wildman–Crippen MR) is 125 cm³/mol. The number of aromatic nitrogens is 3. The molecule has 0 radical (unpaired) electrons. The topological polar surface area (TPSA) is 82.8 Å². The number of anilines is 1. The standard InChI is InChI=1S/C23H20F2N6O2S/c24-16-5-3-4-15(12-16)21-28-31-20(32)13-17(26-23(31)34-21)14-29-8-10-30(11-9-29)22(33)27-19-7-2-1-6-18(19)25/h1-7,12-13H,8-11,14H2,(H,27,33). The Balaban J connectivity index is 1.24. The Morgan fingerprint density at radius 3 is 2.59 bits per heavy atom. The smallest absolute Gasteiger partial charge is 0.322 e. The zero-order valence-corrected chi connectivity index (χ0v) is 18.8. The van der Waals surface area contributed by atoms with E-state index in [0.717, 1.165) is 0 Å². The Hall–Kier alpha value is -3.70. The van der Waals surface area contributed by atoms with Crippen LogP contribution in [0, 0.1) is 11.6 Å². The summed E-state index contributed by atoms with van der Waals surface area (Å²) in [6.45, 7) is 2.55.